The van der Waals surface area contributed by atoms with Crippen molar-refractivity contribution in [1.82, 2.24) is 19.7 Å². The van der Waals surface area contributed by atoms with E-state index in [1.54, 1.807) is 43.1 Å². The van der Waals surface area contributed by atoms with E-state index in [9.17, 15) is 19.5 Å². The fourth-order valence-corrected chi connectivity index (χ4v) is 5.40. The largest absolute Gasteiger partial charge is 0.469 e. The maximum absolute atomic E-state index is 13.3. The fraction of sp³-hybridized carbons (Fsp3) is 0.562. The summed E-state index contributed by atoms with van der Waals surface area (Å²) in [5, 5.41) is 18.3. The van der Waals surface area contributed by atoms with Gasteiger partial charge >= 0.3 is 12.1 Å². The van der Waals surface area contributed by atoms with E-state index < -0.39 is 23.2 Å². The molecule has 45 heavy (non-hydrogen) atoms. The smallest absolute Gasteiger partial charge is 0.416 e. The van der Waals surface area contributed by atoms with Gasteiger partial charge in [-0.2, -0.15) is 5.10 Å². The van der Waals surface area contributed by atoms with E-state index in [0.29, 0.717) is 60.9 Å². The molecule has 2 N–H and O–H groups in total. The second-order valence-corrected chi connectivity index (χ2v) is 13.4. The molecule has 242 valence electrons. The standard InChI is InChI=1S/C32H42N6O7/c1-31(2,3)45-30(41)37(16-19-7-8-19)25-15-21(13-14-33-25)28-35-24(18-44-28)27(39)34-23-17-38(36-26(23)32(4,5)42)22-11-9-20(10-12-22)29(40)43-6/h13-15,17-20,22,42H,7-12,16H2,1-6H3,(H,34,39). The number of esters is 1. The maximum Gasteiger partial charge on any atom is 0.416 e. The van der Waals surface area contributed by atoms with E-state index in [1.807, 2.05) is 20.8 Å². The minimum absolute atomic E-state index is 0.0114. The number of oxazole rings is 1. The Hall–Kier alpha value is -4.26. The zero-order valence-electron chi connectivity index (χ0n) is 26.7. The van der Waals surface area contributed by atoms with Gasteiger partial charge in [0.1, 0.15) is 29.0 Å². The van der Waals surface area contributed by atoms with Crippen LogP contribution in [0.2, 0.25) is 0 Å². The van der Waals surface area contributed by atoms with Crippen LogP contribution in [-0.4, -0.2) is 62.1 Å². The molecule has 2 aliphatic rings. The quantitative estimate of drug-likeness (QED) is 0.293. The number of hydrogen-bond donors (Lipinski definition) is 2. The first-order valence-electron chi connectivity index (χ1n) is 15.4. The lowest BCUT2D eigenvalue weighted by Gasteiger charge is -2.27. The predicted molar refractivity (Wildman–Crippen MR) is 164 cm³/mol. The second kappa shape index (κ2) is 12.6. The summed E-state index contributed by atoms with van der Waals surface area (Å²) in [5.74, 6) is 0.107. The van der Waals surface area contributed by atoms with Crippen LogP contribution in [0.3, 0.4) is 0 Å². The highest BCUT2D eigenvalue weighted by molar-refractivity contribution is 6.03. The van der Waals surface area contributed by atoms with Crippen LogP contribution < -0.4 is 10.2 Å². The molecule has 0 bridgehead atoms. The van der Waals surface area contributed by atoms with Crippen molar-refractivity contribution in [3.05, 3.63) is 42.2 Å². The number of aliphatic hydroxyl groups is 1. The summed E-state index contributed by atoms with van der Waals surface area (Å²) in [6.45, 7) is 9.14. The molecule has 2 saturated carbocycles. The van der Waals surface area contributed by atoms with Gasteiger partial charge in [0.15, 0.2) is 5.69 Å². The lowest BCUT2D eigenvalue weighted by molar-refractivity contribution is -0.146. The van der Waals surface area contributed by atoms with Crippen molar-refractivity contribution in [3.63, 3.8) is 0 Å². The van der Waals surface area contributed by atoms with E-state index in [4.69, 9.17) is 13.9 Å². The lowest BCUT2D eigenvalue weighted by atomic mass is 9.86. The Labute approximate surface area is 262 Å². The molecule has 2 amide bonds. The molecule has 3 aromatic rings. The topological polar surface area (TPSA) is 162 Å². The SMILES string of the molecule is COC(=O)C1CCC(n2cc(NC(=O)c3coc(-c4ccnc(N(CC5CC5)C(=O)OC(C)(C)C)c4)n3)c(C(C)(C)O)n2)CC1. The number of methoxy groups -OCH3 is 1. The van der Waals surface area contributed by atoms with E-state index >= 15 is 0 Å². The van der Waals surface area contributed by atoms with Gasteiger partial charge < -0.3 is 24.3 Å². The van der Waals surface area contributed by atoms with Gasteiger partial charge in [-0.25, -0.2) is 14.8 Å². The fourth-order valence-electron chi connectivity index (χ4n) is 5.40. The van der Waals surface area contributed by atoms with Gasteiger partial charge in [0.2, 0.25) is 5.89 Å². The summed E-state index contributed by atoms with van der Waals surface area (Å²) in [5.41, 5.74) is -0.764. The monoisotopic (exact) mass is 622 g/mol. The first-order chi connectivity index (χ1) is 21.2. The van der Waals surface area contributed by atoms with Crippen LogP contribution in [-0.2, 0) is 19.9 Å². The van der Waals surface area contributed by atoms with Gasteiger partial charge in [-0.05, 0) is 91.2 Å². The molecule has 0 radical (unpaired) electrons. The Morgan fingerprint density at radius 1 is 1.11 bits per heavy atom. The van der Waals surface area contributed by atoms with Crippen LogP contribution in [0.15, 0.2) is 35.2 Å². The molecule has 2 fully saturated rings. The Kier molecular flexibility index (Phi) is 9.02. The number of rotatable bonds is 9. The molecular weight excluding hydrogens is 580 g/mol. The highest BCUT2D eigenvalue weighted by atomic mass is 16.6. The van der Waals surface area contributed by atoms with Gasteiger partial charge in [-0.3, -0.25) is 19.2 Å². The Morgan fingerprint density at radius 3 is 2.44 bits per heavy atom. The van der Waals surface area contributed by atoms with E-state index in [0.717, 1.165) is 12.8 Å². The highest BCUT2D eigenvalue weighted by Gasteiger charge is 2.33. The molecular formula is C32H42N6O7. The van der Waals surface area contributed by atoms with Crippen LogP contribution >= 0.6 is 0 Å². The summed E-state index contributed by atoms with van der Waals surface area (Å²) in [6, 6.07) is 3.38. The molecule has 0 spiro atoms. The van der Waals surface area contributed by atoms with Gasteiger partial charge in [0.25, 0.3) is 5.91 Å². The Balaban J connectivity index is 1.32. The van der Waals surface area contributed by atoms with Crippen molar-refractivity contribution >= 4 is 29.5 Å². The van der Waals surface area contributed by atoms with Crippen molar-refractivity contribution < 1.29 is 33.4 Å². The number of carbonyl (C=O) groups excluding carboxylic acids is 3. The minimum atomic E-state index is -1.33. The van der Waals surface area contributed by atoms with E-state index in [1.165, 1.54) is 18.3 Å². The Morgan fingerprint density at radius 2 is 1.82 bits per heavy atom. The molecule has 0 aliphatic heterocycles. The number of nitrogens with zero attached hydrogens (tertiary/aromatic N) is 5. The summed E-state index contributed by atoms with van der Waals surface area (Å²) in [6.07, 6.45) is 8.89. The van der Waals surface area contributed by atoms with Gasteiger partial charge in [0, 0.05) is 24.5 Å². The molecule has 13 nitrogen and oxygen atoms in total. The number of pyridine rings is 1. The number of anilines is 2. The lowest BCUT2D eigenvalue weighted by Crippen LogP contribution is -2.38. The van der Waals surface area contributed by atoms with Crippen molar-refractivity contribution in [3.8, 4) is 11.5 Å². The van der Waals surface area contributed by atoms with Crippen molar-refractivity contribution in [2.75, 3.05) is 23.9 Å². The summed E-state index contributed by atoms with van der Waals surface area (Å²) >= 11 is 0. The van der Waals surface area contributed by atoms with Crippen molar-refractivity contribution in [2.45, 2.75) is 90.4 Å². The van der Waals surface area contributed by atoms with Crippen LogP contribution in [0.25, 0.3) is 11.5 Å². The Bertz CT molecular complexity index is 1540. The third-order valence-corrected chi connectivity index (χ3v) is 7.92. The summed E-state index contributed by atoms with van der Waals surface area (Å²) < 4.78 is 17.9. The van der Waals surface area contributed by atoms with Crippen LogP contribution in [0, 0.1) is 11.8 Å². The number of hydrogen-bond acceptors (Lipinski definition) is 10. The number of carbonyl (C=O) groups is 3. The molecule has 2 aliphatic carbocycles. The first kappa shape index (κ1) is 32.1. The molecule has 3 aromatic heterocycles. The third kappa shape index (κ3) is 7.88. The van der Waals surface area contributed by atoms with E-state index in [-0.39, 0.29) is 29.5 Å². The average Bonchev–Trinajstić information content (AvgIpc) is 3.48. The van der Waals surface area contributed by atoms with Crippen molar-refractivity contribution in [2.24, 2.45) is 11.8 Å². The first-order valence-corrected chi connectivity index (χ1v) is 15.4. The third-order valence-electron chi connectivity index (χ3n) is 7.92. The number of ether oxygens (including phenoxy) is 2. The zero-order chi connectivity index (χ0) is 32.5. The molecule has 5 rings (SSSR count). The van der Waals surface area contributed by atoms with Gasteiger partial charge in [-0.1, -0.05) is 0 Å². The van der Waals surface area contributed by atoms with E-state index in [2.05, 4.69) is 20.4 Å². The molecule has 13 heteroatoms. The molecule has 0 unspecified atom stereocenters. The number of nitrogens with one attached hydrogen (secondary N) is 1. The molecule has 0 atom stereocenters. The normalized spacial score (nSPS) is 18.7. The molecule has 0 saturated heterocycles. The zero-order valence-corrected chi connectivity index (χ0v) is 26.7. The summed E-state index contributed by atoms with van der Waals surface area (Å²) in [7, 11) is 1.40. The average molecular weight is 623 g/mol. The predicted octanol–water partition coefficient (Wildman–Crippen LogP) is 5.47. The summed E-state index contributed by atoms with van der Waals surface area (Å²) in [4.78, 5) is 48.6. The second-order valence-electron chi connectivity index (χ2n) is 13.4. The van der Waals surface area contributed by atoms with Crippen molar-refractivity contribution in [1.29, 1.82) is 0 Å². The minimum Gasteiger partial charge on any atom is -0.469 e. The van der Waals surface area contributed by atoms with Crippen LogP contribution in [0.5, 0.6) is 0 Å². The maximum atomic E-state index is 13.3. The molecule has 0 aromatic carbocycles. The number of aromatic nitrogens is 4. The highest BCUT2D eigenvalue weighted by Crippen LogP contribution is 2.36. The molecule has 3 heterocycles. The van der Waals surface area contributed by atoms with Crippen LogP contribution in [0.4, 0.5) is 16.3 Å². The van der Waals surface area contributed by atoms with Gasteiger partial charge in [-0.15, -0.1) is 0 Å². The number of amides is 2. The van der Waals surface area contributed by atoms with Gasteiger partial charge in [0.05, 0.1) is 24.8 Å². The van der Waals surface area contributed by atoms with Crippen LogP contribution in [0.1, 0.15) is 95.4 Å².